The molecule has 0 radical (unpaired) electrons. The van der Waals surface area contributed by atoms with Gasteiger partial charge in [0.15, 0.2) is 0 Å². The van der Waals surface area contributed by atoms with Gasteiger partial charge in [0.2, 0.25) is 5.91 Å². The van der Waals surface area contributed by atoms with Gasteiger partial charge in [0.05, 0.1) is 18.6 Å². The number of benzene rings is 2. The molecule has 1 fully saturated rings. The van der Waals surface area contributed by atoms with Crippen molar-refractivity contribution in [1.29, 1.82) is 0 Å². The predicted octanol–water partition coefficient (Wildman–Crippen LogP) is 4.56. The maximum absolute atomic E-state index is 12.9. The standard InChI is InChI=1S/C24H23FN2O3S/c25-20-11-5-17(6-12-20)3-1-13-26-23(29)18-7-9-19(10-8-18)24-27(22(28)16-31-24)15-21-4-2-14-30-21/h2,4-12,14,24H,1,3,13,15-16H2,(H,26,29)/t24-/m0/s1. The summed E-state index contributed by atoms with van der Waals surface area (Å²) >= 11 is 1.57. The molecule has 0 spiro atoms. The number of carbonyl (C=O) groups is 2. The van der Waals surface area contributed by atoms with E-state index in [1.165, 1.54) is 12.1 Å². The lowest BCUT2D eigenvalue weighted by molar-refractivity contribution is -0.128. The van der Waals surface area contributed by atoms with E-state index in [0.717, 1.165) is 29.7 Å². The van der Waals surface area contributed by atoms with E-state index < -0.39 is 0 Å². The van der Waals surface area contributed by atoms with E-state index in [0.29, 0.717) is 24.4 Å². The number of hydrogen-bond acceptors (Lipinski definition) is 4. The molecule has 1 atom stereocenters. The molecule has 0 bridgehead atoms. The highest BCUT2D eigenvalue weighted by Crippen LogP contribution is 2.39. The van der Waals surface area contributed by atoms with Gasteiger partial charge in [-0.15, -0.1) is 11.8 Å². The molecule has 2 aromatic carbocycles. The topological polar surface area (TPSA) is 62.6 Å². The zero-order chi connectivity index (χ0) is 21.6. The summed E-state index contributed by atoms with van der Waals surface area (Å²) in [4.78, 5) is 26.5. The Balaban J connectivity index is 1.30. The number of thioether (sulfide) groups is 1. The SMILES string of the molecule is O=C(NCCCc1ccc(F)cc1)c1ccc([C@@H]2SCC(=O)N2Cc2ccco2)cc1. The molecule has 1 saturated heterocycles. The molecule has 0 saturated carbocycles. The molecule has 5 nitrogen and oxygen atoms in total. The van der Waals surface area contributed by atoms with Crippen LogP contribution in [0.4, 0.5) is 4.39 Å². The molecule has 1 aliphatic rings. The summed E-state index contributed by atoms with van der Waals surface area (Å²) in [5.41, 5.74) is 2.61. The lowest BCUT2D eigenvalue weighted by Gasteiger charge is -2.23. The van der Waals surface area contributed by atoms with E-state index >= 15 is 0 Å². The van der Waals surface area contributed by atoms with Crippen LogP contribution in [0.2, 0.25) is 0 Å². The first-order valence-corrected chi connectivity index (χ1v) is 11.2. The summed E-state index contributed by atoms with van der Waals surface area (Å²) in [6, 6.07) is 17.5. The van der Waals surface area contributed by atoms with Gasteiger partial charge < -0.3 is 14.6 Å². The van der Waals surface area contributed by atoms with Crippen LogP contribution in [0.15, 0.2) is 71.3 Å². The molecular formula is C24H23FN2O3S. The van der Waals surface area contributed by atoms with Crippen molar-refractivity contribution in [3.05, 3.63) is 95.2 Å². The highest BCUT2D eigenvalue weighted by molar-refractivity contribution is 8.00. The molecule has 0 aliphatic carbocycles. The van der Waals surface area contributed by atoms with Crippen molar-refractivity contribution >= 4 is 23.6 Å². The smallest absolute Gasteiger partial charge is 0.251 e. The molecule has 0 unspecified atom stereocenters. The first-order chi connectivity index (χ1) is 15.1. The van der Waals surface area contributed by atoms with Crippen LogP contribution in [-0.4, -0.2) is 29.0 Å². The van der Waals surface area contributed by atoms with Gasteiger partial charge in [-0.25, -0.2) is 4.39 Å². The zero-order valence-corrected chi connectivity index (χ0v) is 17.7. The maximum atomic E-state index is 12.9. The number of hydrogen-bond donors (Lipinski definition) is 1. The molecule has 160 valence electrons. The van der Waals surface area contributed by atoms with Crippen LogP contribution in [0.1, 0.15) is 39.0 Å². The van der Waals surface area contributed by atoms with E-state index in [4.69, 9.17) is 4.42 Å². The minimum Gasteiger partial charge on any atom is -0.467 e. The first-order valence-electron chi connectivity index (χ1n) is 10.2. The second kappa shape index (κ2) is 9.83. The minimum atomic E-state index is -0.245. The summed E-state index contributed by atoms with van der Waals surface area (Å²) in [5, 5.41) is 2.83. The molecule has 1 aliphatic heterocycles. The molecule has 2 amide bonds. The van der Waals surface area contributed by atoms with E-state index in [1.807, 2.05) is 24.3 Å². The Labute approximate surface area is 184 Å². The lowest BCUT2D eigenvalue weighted by Crippen LogP contribution is -2.27. The van der Waals surface area contributed by atoms with Crippen molar-refractivity contribution in [2.24, 2.45) is 0 Å². The average molecular weight is 439 g/mol. The number of rotatable bonds is 8. The van der Waals surface area contributed by atoms with E-state index in [9.17, 15) is 14.0 Å². The van der Waals surface area contributed by atoms with Crippen molar-refractivity contribution in [2.45, 2.75) is 24.8 Å². The quantitative estimate of drug-likeness (QED) is 0.524. The summed E-state index contributed by atoms with van der Waals surface area (Å²) in [6.45, 7) is 0.974. The van der Waals surface area contributed by atoms with Gasteiger partial charge in [-0.05, 0) is 60.4 Å². The fraction of sp³-hybridized carbons (Fsp3) is 0.250. The maximum Gasteiger partial charge on any atom is 0.251 e. The molecule has 3 aromatic rings. The summed E-state index contributed by atoms with van der Waals surface area (Å²) in [7, 11) is 0. The van der Waals surface area contributed by atoms with Crippen LogP contribution in [0, 0.1) is 5.82 Å². The Kier molecular flexibility index (Phi) is 6.72. The van der Waals surface area contributed by atoms with Gasteiger partial charge in [0.25, 0.3) is 5.91 Å². The third kappa shape index (κ3) is 5.35. The number of nitrogens with one attached hydrogen (secondary N) is 1. The van der Waals surface area contributed by atoms with Gasteiger partial charge in [0, 0.05) is 12.1 Å². The van der Waals surface area contributed by atoms with Crippen molar-refractivity contribution in [1.82, 2.24) is 10.2 Å². The molecule has 4 rings (SSSR count). The Morgan fingerprint density at radius 1 is 1.13 bits per heavy atom. The molecule has 31 heavy (non-hydrogen) atoms. The van der Waals surface area contributed by atoms with Gasteiger partial charge in [-0.1, -0.05) is 24.3 Å². The van der Waals surface area contributed by atoms with Gasteiger partial charge in [0.1, 0.15) is 17.0 Å². The van der Waals surface area contributed by atoms with E-state index in [-0.39, 0.29) is 23.0 Å². The Bertz CT molecular complexity index is 1020. The number of halogens is 1. The van der Waals surface area contributed by atoms with E-state index in [2.05, 4.69) is 5.32 Å². The monoisotopic (exact) mass is 438 g/mol. The van der Waals surface area contributed by atoms with Crippen molar-refractivity contribution in [3.8, 4) is 0 Å². The summed E-state index contributed by atoms with van der Waals surface area (Å²) in [5.74, 6) is 0.881. The van der Waals surface area contributed by atoms with Crippen LogP contribution >= 0.6 is 11.8 Å². The van der Waals surface area contributed by atoms with Crippen molar-refractivity contribution in [2.75, 3.05) is 12.3 Å². The molecule has 7 heteroatoms. The Morgan fingerprint density at radius 2 is 1.90 bits per heavy atom. The van der Waals surface area contributed by atoms with E-state index in [1.54, 1.807) is 47.2 Å². The summed E-state index contributed by atoms with van der Waals surface area (Å²) in [6.07, 6.45) is 3.15. The lowest BCUT2D eigenvalue weighted by atomic mass is 10.1. The summed E-state index contributed by atoms with van der Waals surface area (Å²) < 4.78 is 18.3. The van der Waals surface area contributed by atoms with Gasteiger partial charge in [-0.2, -0.15) is 0 Å². The zero-order valence-electron chi connectivity index (χ0n) is 16.9. The molecular weight excluding hydrogens is 415 g/mol. The van der Waals surface area contributed by atoms with Crippen LogP contribution in [0.3, 0.4) is 0 Å². The third-order valence-corrected chi connectivity index (χ3v) is 6.43. The number of furan rings is 1. The van der Waals surface area contributed by atoms with Crippen LogP contribution < -0.4 is 5.32 Å². The van der Waals surface area contributed by atoms with Gasteiger partial charge in [-0.3, -0.25) is 9.59 Å². The molecule has 2 heterocycles. The predicted molar refractivity (Wildman–Crippen MR) is 118 cm³/mol. The number of nitrogens with zero attached hydrogens (tertiary/aromatic N) is 1. The third-order valence-electron chi connectivity index (χ3n) is 5.17. The second-order valence-corrected chi connectivity index (χ2v) is 8.44. The molecule has 1 aromatic heterocycles. The van der Waals surface area contributed by atoms with Gasteiger partial charge >= 0.3 is 0 Å². The average Bonchev–Trinajstić information content (AvgIpc) is 3.43. The van der Waals surface area contributed by atoms with Crippen LogP contribution in [-0.2, 0) is 17.8 Å². The largest absolute Gasteiger partial charge is 0.467 e. The highest BCUT2D eigenvalue weighted by Gasteiger charge is 2.33. The molecule has 1 N–H and O–H groups in total. The number of carbonyl (C=O) groups excluding carboxylic acids is 2. The fourth-order valence-electron chi connectivity index (χ4n) is 3.52. The highest BCUT2D eigenvalue weighted by atomic mass is 32.2. The van der Waals surface area contributed by atoms with Crippen LogP contribution in [0.5, 0.6) is 0 Å². The number of aryl methyl sites for hydroxylation is 1. The first kappa shape index (κ1) is 21.2. The fourth-order valence-corrected chi connectivity index (χ4v) is 4.71. The number of amides is 2. The van der Waals surface area contributed by atoms with Crippen LogP contribution in [0.25, 0.3) is 0 Å². The Morgan fingerprint density at radius 3 is 2.61 bits per heavy atom. The van der Waals surface area contributed by atoms with Crippen molar-refractivity contribution < 1.29 is 18.4 Å². The second-order valence-electron chi connectivity index (χ2n) is 7.37. The minimum absolute atomic E-state index is 0.0781. The van der Waals surface area contributed by atoms with Crippen molar-refractivity contribution in [3.63, 3.8) is 0 Å². The normalized spacial score (nSPS) is 16.0. The Hall–Kier alpha value is -3.06.